The van der Waals surface area contributed by atoms with Gasteiger partial charge in [-0.3, -0.25) is 14.2 Å². The van der Waals surface area contributed by atoms with Crippen LogP contribution < -0.4 is 29.7 Å². The van der Waals surface area contributed by atoms with Gasteiger partial charge in [-0.25, -0.2) is 4.99 Å². The summed E-state index contributed by atoms with van der Waals surface area (Å²) in [4.78, 5) is 32.7. The molecule has 1 aliphatic rings. The minimum atomic E-state index is -0.678. The minimum Gasteiger partial charge on any atom is -0.497 e. The van der Waals surface area contributed by atoms with Crippen molar-refractivity contribution in [2.45, 2.75) is 13.0 Å². The highest BCUT2D eigenvalue weighted by Crippen LogP contribution is 2.32. The molecule has 0 radical (unpaired) electrons. The van der Waals surface area contributed by atoms with E-state index in [4.69, 9.17) is 14.5 Å². The van der Waals surface area contributed by atoms with Gasteiger partial charge in [-0.15, -0.1) is 0 Å². The first kappa shape index (κ1) is 25.9. The van der Waals surface area contributed by atoms with Crippen molar-refractivity contribution in [1.82, 2.24) is 4.57 Å². The highest BCUT2D eigenvalue weighted by Gasteiger charge is 2.32. The molecule has 0 saturated carbocycles. The van der Waals surface area contributed by atoms with Crippen LogP contribution in [0.4, 0.5) is 5.69 Å². The van der Waals surface area contributed by atoms with E-state index in [2.05, 4.69) is 27.9 Å². The largest absolute Gasteiger partial charge is 0.497 e. The van der Waals surface area contributed by atoms with Crippen molar-refractivity contribution in [3.8, 4) is 11.5 Å². The van der Waals surface area contributed by atoms with Gasteiger partial charge < -0.3 is 14.8 Å². The van der Waals surface area contributed by atoms with Crippen LogP contribution in [0.25, 0.3) is 6.08 Å². The van der Waals surface area contributed by atoms with E-state index in [0.717, 1.165) is 20.4 Å². The Kier molecular flexibility index (Phi) is 7.48. The van der Waals surface area contributed by atoms with E-state index in [-0.39, 0.29) is 11.5 Å². The topological polar surface area (TPSA) is 81.9 Å². The van der Waals surface area contributed by atoms with Gasteiger partial charge in [-0.2, -0.15) is 0 Å². The molecule has 7 nitrogen and oxygen atoms in total. The first-order valence-corrected chi connectivity index (χ1v) is 13.7. The van der Waals surface area contributed by atoms with Crippen LogP contribution in [-0.4, -0.2) is 24.7 Å². The summed E-state index contributed by atoms with van der Waals surface area (Å²) in [6.07, 6.45) is 1.84. The Balaban J connectivity index is 1.67. The van der Waals surface area contributed by atoms with Crippen LogP contribution in [-0.2, 0) is 4.79 Å². The van der Waals surface area contributed by atoms with Gasteiger partial charge in [0, 0.05) is 5.69 Å². The van der Waals surface area contributed by atoms with Crippen molar-refractivity contribution in [1.29, 1.82) is 0 Å². The number of nitrogens with one attached hydrogen (secondary N) is 1. The number of thiazole rings is 1. The SMILES string of the molecule is COc1cccc([C@H]2C(C(=O)Nc3ccccc3)=C(C)N=c3s/c(=C/c4ccc(OC)c(I)c4)c(=O)n32)c1. The number of amides is 1. The molecular weight excluding hydrogens is 613 g/mol. The summed E-state index contributed by atoms with van der Waals surface area (Å²) in [7, 11) is 3.21. The van der Waals surface area contributed by atoms with Crippen LogP contribution in [0.3, 0.4) is 0 Å². The molecule has 0 spiro atoms. The third kappa shape index (κ3) is 5.03. The maximum absolute atomic E-state index is 13.9. The molecule has 192 valence electrons. The molecule has 1 amide bonds. The smallest absolute Gasteiger partial charge is 0.271 e. The molecule has 1 aromatic heterocycles. The number of fused-ring (bicyclic) bond motifs is 1. The molecular formula is C29H24IN3O4S. The van der Waals surface area contributed by atoms with Crippen molar-refractivity contribution in [3.05, 3.63) is 118 Å². The summed E-state index contributed by atoms with van der Waals surface area (Å²) in [5, 5.41) is 2.96. The van der Waals surface area contributed by atoms with E-state index >= 15 is 0 Å². The van der Waals surface area contributed by atoms with Gasteiger partial charge >= 0.3 is 0 Å². The normalized spacial score (nSPS) is 15.1. The second-order valence-corrected chi connectivity index (χ2v) is 10.7. The van der Waals surface area contributed by atoms with Crippen LogP contribution in [0, 0.1) is 3.57 Å². The number of methoxy groups -OCH3 is 2. The van der Waals surface area contributed by atoms with Crippen molar-refractivity contribution in [3.63, 3.8) is 0 Å². The number of nitrogens with zero attached hydrogens (tertiary/aromatic N) is 2. The Morgan fingerprint density at radius 1 is 1.05 bits per heavy atom. The molecule has 3 aromatic carbocycles. The highest BCUT2D eigenvalue weighted by atomic mass is 127. The Hall–Kier alpha value is -3.70. The second-order valence-electron chi connectivity index (χ2n) is 8.57. The molecule has 9 heteroatoms. The number of carbonyl (C=O) groups is 1. The summed E-state index contributed by atoms with van der Waals surface area (Å²) in [6.45, 7) is 1.80. The number of ether oxygens (including phenoxy) is 2. The molecule has 0 aliphatic carbocycles. The highest BCUT2D eigenvalue weighted by molar-refractivity contribution is 14.1. The van der Waals surface area contributed by atoms with Crippen LogP contribution in [0.15, 0.2) is 93.9 Å². The molecule has 5 rings (SSSR count). The predicted molar refractivity (Wildman–Crippen MR) is 158 cm³/mol. The number of carbonyl (C=O) groups excluding carboxylic acids is 1. The quantitative estimate of drug-likeness (QED) is 0.316. The van der Waals surface area contributed by atoms with Crippen molar-refractivity contribution >= 4 is 51.6 Å². The lowest BCUT2D eigenvalue weighted by atomic mass is 9.95. The lowest BCUT2D eigenvalue weighted by molar-refractivity contribution is -0.113. The summed E-state index contributed by atoms with van der Waals surface area (Å²) >= 11 is 3.51. The monoisotopic (exact) mass is 637 g/mol. The minimum absolute atomic E-state index is 0.218. The van der Waals surface area contributed by atoms with E-state index in [1.165, 1.54) is 11.3 Å². The zero-order valence-electron chi connectivity index (χ0n) is 20.9. The van der Waals surface area contributed by atoms with Crippen molar-refractivity contribution in [2.75, 3.05) is 19.5 Å². The van der Waals surface area contributed by atoms with Gasteiger partial charge in [0.25, 0.3) is 11.5 Å². The summed E-state index contributed by atoms with van der Waals surface area (Å²) in [5.74, 6) is 1.09. The Morgan fingerprint density at radius 3 is 2.55 bits per heavy atom. The lowest BCUT2D eigenvalue weighted by Gasteiger charge is -2.25. The van der Waals surface area contributed by atoms with E-state index < -0.39 is 6.04 Å². The lowest BCUT2D eigenvalue weighted by Crippen LogP contribution is -2.40. The predicted octanol–water partition coefficient (Wildman–Crippen LogP) is 4.50. The van der Waals surface area contributed by atoms with Gasteiger partial charge in [0.15, 0.2) is 4.80 Å². The Morgan fingerprint density at radius 2 is 1.84 bits per heavy atom. The first-order valence-electron chi connectivity index (χ1n) is 11.8. The molecule has 1 aliphatic heterocycles. The fourth-order valence-corrected chi connectivity index (χ4v) is 6.19. The van der Waals surface area contributed by atoms with Crippen molar-refractivity contribution in [2.24, 2.45) is 4.99 Å². The van der Waals surface area contributed by atoms with Crippen LogP contribution >= 0.6 is 33.9 Å². The van der Waals surface area contributed by atoms with Crippen molar-refractivity contribution < 1.29 is 14.3 Å². The van der Waals surface area contributed by atoms with E-state index in [1.807, 2.05) is 78.9 Å². The zero-order chi connectivity index (χ0) is 26.8. The number of hydrogen-bond acceptors (Lipinski definition) is 6. The summed E-state index contributed by atoms with van der Waals surface area (Å²) in [6, 6.07) is 21.7. The summed E-state index contributed by atoms with van der Waals surface area (Å²) < 4.78 is 13.9. The van der Waals surface area contributed by atoms with Gasteiger partial charge in [-0.1, -0.05) is 47.7 Å². The molecule has 2 heterocycles. The fraction of sp³-hybridized carbons (Fsp3) is 0.138. The number of aromatic nitrogens is 1. The van der Waals surface area contributed by atoms with Gasteiger partial charge in [-0.05, 0) is 83.1 Å². The zero-order valence-corrected chi connectivity index (χ0v) is 23.9. The fourth-order valence-electron chi connectivity index (χ4n) is 4.38. The number of hydrogen-bond donors (Lipinski definition) is 1. The van der Waals surface area contributed by atoms with Gasteiger partial charge in [0.2, 0.25) is 0 Å². The van der Waals surface area contributed by atoms with Gasteiger partial charge in [0.05, 0.1) is 39.6 Å². The molecule has 0 saturated heterocycles. The van der Waals surface area contributed by atoms with Crippen LogP contribution in [0.5, 0.6) is 11.5 Å². The molecule has 0 bridgehead atoms. The summed E-state index contributed by atoms with van der Waals surface area (Å²) in [5.41, 5.74) is 3.02. The molecule has 0 unspecified atom stereocenters. The standard InChI is InChI=1S/C29H24IN3O4S/c1-17-25(27(34)32-20-9-5-4-6-10-20)26(19-8-7-11-21(16-19)36-2)33-28(35)24(38-29(33)31-17)15-18-12-13-23(37-3)22(30)14-18/h4-16,26H,1-3H3,(H,32,34)/b24-15+/t26-/m0/s1. The average molecular weight is 637 g/mol. The van der Waals surface area contributed by atoms with Gasteiger partial charge in [0.1, 0.15) is 11.5 Å². The maximum atomic E-state index is 13.9. The van der Waals surface area contributed by atoms with E-state index in [0.29, 0.717) is 32.0 Å². The number of benzene rings is 3. The average Bonchev–Trinajstić information content (AvgIpc) is 3.22. The molecule has 38 heavy (non-hydrogen) atoms. The second kappa shape index (κ2) is 11.0. The van der Waals surface area contributed by atoms with Crippen LogP contribution in [0.2, 0.25) is 0 Å². The Bertz CT molecular complexity index is 1740. The third-order valence-electron chi connectivity index (χ3n) is 6.18. The number of rotatable bonds is 6. The van der Waals surface area contributed by atoms with E-state index in [1.54, 1.807) is 25.7 Å². The van der Waals surface area contributed by atoms with Crippen LogP contribution in [0.1, 0.15) is 24.1 Å². The first-order chi connectivity index (χ1) is 18.4. The molecule has 1 N–H and O–H groups in total. The number of para-hydroxylation sites is 1. The molecule has 1 atom stereocenters. The Labute approximate surface area is 236 Å². The molecule has 4 aromatic rings. The maximum Gasteiger partial charge on any atom is 0.271 e. The molecule has 0 fully saturated rings. The number of anilines is 1. The number of halogens is 1. The number of allylic oxidation sites excluding steroid dienone is 1. The van der Waals surface area contributed by atoms with E-state index in [9.17, 15) is 9.59 Å². The third-order valence-corrected chi connectivity index (χ3v) is 8.01.